The zero-order valence-corrected chi connectivity index (χ0v) is 14.6. The highest BCUT2D eigenvalue weighted by molar-refractivity contribution is 5.85. The number of unbranched alkanes of at least 4 members (excludes halogenated alkanes) is 9. The number of rotatable bonds is 13. The third kappa shape index (κ3) is 12.9. The molecule has 1 nitrogen and oxygen atoms in total. The van der Waals surface area contributed by atoms with Gasteiger partial charge in [0, 0.05) is 6.54 Å². The van der Waals surface area contributed by atoms with Crippen molar-refractivity contribution in [1.82, 2.24) is 5.32 Å². The summed E-state index contributed by atoms with van der Waals surface area (Å²) in [7, 11) is 0. The second-order valence-electron chi connectivity index (χ2n) is 5.84. The maximum absolute atomic E-state index is 3.53. The molecule has 0 atom stereocenters. The van der Waals surface area contributed by atoms with Gasteiger partial charge in [0.15, 0.2) is 0 Å². The van der Waals surface area contributed by atoms with Gasteiger partial charge < -0.3 is 5.32 Å². The summed E-state index contributed by atoms with van der Waals surface area (Å²) in [6.07, 6.45) is 14.1. The summed E-state index contributed by atoms with van der Waals surface area (Å²) in [5.41, 5.74) is 1.39. The lowest BCUT2D eigenvalue weighted by molar-refractivity contribution is 0.543. The Morgan fingerprint density at radius 3 is 1.81 bits per heavy atom. The van der Waals surface area contributed by atoms with E-state index in [1.807, 2.05) is 0 Å². The quantitative estimate of drug-likeness (QED) is 0.433. The summed E-state index contributed by atoms with van der Waals surface area (Å²) in [5.74, 6) is 0. The molecule has 0 saturated heterocycles. The molecule has 2 heteroatoms. The van der Waals surface area contributed by atoms with Crippen LogP contribution in [0.25, 0.3) is 0 Å². The fourth-order valence-electron chi connectivity index (χ4n) is 2.57. The zero-order chi connectivity index (χ0) is 14.3. The monoisotopic (exact) mass is 311 g/mol. The predicted octanol–water partition coefficient (Wildman–Crippen LogP) is 6.12. The van der Waals surface area contributed by atoms with Crippen molar-refractivity contribution in [3.63, 3.8) is 0 Å². The first-order chi connectivity index (χ1) is 9.93. The number of hydrogen-bond donors (Lipinski definition) is 1. The van der Waals surface area contributed by atoms with E-state index in [1.54, 1.807) is 0 Å². The van der Waals surface area contributed by atoms with E-state index in [0.29, 0.717) is 0 Å². The summed E-state index contributed by atoms with van der Waals surface area (Å²) in [6.45, 7) is 4.45. The molecule has 122 valence electrons. The second-order valence-corrected chi connectivity index (χ2v) is 5.84. The fraction of sp³-hybridized carbons (Fsp3) is 0.684. The lowest BCUT2D eigenvalue weighted by Crippen LogP contribution is -2.14. The molecule has 0 aromatic heterocycles. The lowest BCUT2D eigenvalue weighted by Gasteiger charge is -2.05. The highest BCUT2D eigenvalue weighted by atomic mass is 35.5. The third-order valence-electron chi connectivity index (χ3n) is 3.88. The molecular weight excluding hydrogens is 278 g/mol. The van der Waals surface area contributed by atoms with E-state index in [-0.39, 0.29) is 12.4 Å². The van der Waals surface area contributed by atoms with E-state index < -0.39 is 0 Å². The van der Waals surface area contributed by atoms with Crippen LogP contribution in [0.15, 0.2) is 30.3 Å². The Kier molecular flexibility index (Phi) is 15.5. The van der Waals surface area contributed by atoms with Crippen LogP contribution in [0.3, 0.4) is 0 Å². The van der Waals surface area contributed by atoms with Crippen molar-refractivity contribution in [2.24, 2.45) is 0 Å². The van der Waals surface area contributed by atoms with Gasteiger partial charge in [0.25, 0.3) is 0 Å². The summed E-state index contributed by atoms with van der Waals surface area (Å²) in [5, 5.41) is 3.53. The fourth-order valence-corrected chi connectivity index (χ4v) is 2.57. The molecule has 0 spiro atoms. The van der Waals surface area contributed by atoms with Crippen molar-refractivity contribution in [2.75, 3.05) is 6.54 Å². The summed E-state index contributed by atoms with van der Waals surface area (Å²) in [4.78, 5) is 0. The standard InChI is InChI=1S/C19H33N.ClH/c1-2-3-4-5-6-7-8-9-10-14-17-20-18-19-15-12-11-13-16-19;/h11-13,15-16,20H,2-10,14,17-18H2,1H3;1H. The van der Waals surface area contributed by atoms with Gasteiger partial charge >= 0.3 is 0 Å². The van der Waals surface area contributed by atoms with E-state index in [0.717, 1.165) is 13.1 Å². The Bertz CT molecular complexity index is 300. The molecule has 0 bridgehead atoms. The average Bonchev–Trinajstić information content (AvgIpc) is 2.49. The molecule has 0 aliphatic heterocycles. The van der Waals surface area contributed by atoms with Crippen LogP contribution in [0.5, 0.6) is 0 Å². The van der Waals surface area contributed by atoms with E-state index >= 15 is 0 Å². The molecule has 0 radical (unpaired) electrons. The van der Waals surface area contributed by atoms with Crippen molar-refractivity contribution in [2.45, 2.75) is 77.7 Å². The molecule has 1 aromatic carbocycles. The first-order valence-corrected chi connectivity index (χ1v) is 8.68. The second kappa shape index (κ2) is 15.9. The van der Waals surface area contributed by atoms with Gasteiger partial charge in [-0.25, -0.2) is 0 Å². The normalized spacial score (nSPS) is 10.3. The Morgan fingerprint density at radius 2 is 1.24 bits per heavy atom. The van der Waals surface area contributed by atoms with Crippen LogP contribution in [0.4, 0.5) is 0 Å². The van der Waals surface area contributed by atoms with E-state index in [9.17, 15) is 0 Å². The molecule has 0 aliphatic carbocycles. The largest absolute Gasteiger partial charge is 0.313 e. The van der Waals surface area contributed by atoms with Crippen molar-refractivity contribution in [3.8, 4) is 0 Å². The molecule has 0 saturated carbocycles. The maximum atomic E-state index is 3.53. The van der Waals surface area contributed by atoms with Crippen LogP contribution in [0.1, 0.15) is 76.7 Å². The van der Waals surface area contributed by atoms with Crippen LogP contribution in [-0.2, 0) is 6.54 Å². The maximum Gasteiger partial charge on any atom is 0.0205 e. The van der Waals surface area contributed by atoms with Crippen molar-refractivity contribution < 1.29 is 0 Å². The highest BCUT2D eigenvalue weighted by Gasteiger charge is 1.93. The summed E-state index contributed by atoms with van der Waals surface area (Å²) >= 11 is 0. The minimum atomic E-state index is 0. The molecule has 0 aliphatic rings. The van der Waals surface area contributed by atoms with Gasteiger partial charge in [-0.3, -0.25) is 0 Å². The van der Waals surface area contributed by atoms with Gasteiger partial charge in [-0.2, -0.15) is 0 Å². The van der Waals surface area contributed by atoms with Crippen LogP contribution in [0, 0.1) is 0 Å². The van der Waals surface area contributed by atoms with Gasteiger partial charge in [-0.15, -0.1) is 12.4 Å². The molecule has 0 amide bonds. The van der Waals surface area contributed by atoms with Crippen LogP contribution in [0.2, 0.25) is 0 Å². The topological polar surface area (TPSA) is 12.0 Å². The first kappa shape index (κ1) is 20.5. The van der Waals surface area contributed by atoms with Gasteiger partial charge in [0.1, 0.15) is 0 Å². The predicted molar refractivity (Wildman–Crippen MR) is 97.2 cm³/mol. The minimum absolute atomic E-state index is 0. The summed E-state index contributed by atoms with van der Waals surface area (Å²) < 4.78 is 0. The molecule has 0 fully saturated rings. The van der Waals surface area contributed by atoms with Gasteiger partial charge in [-0.05, 0) is 18.5 Å². The molecular formula is C19H34ClN. The Balaban J connectivity index is 0.00000400. The van der Waals surface area contributed by atoms with Crippen LogP contribution < -0.4 is 5.32 Å². The van der Waals surface area contributed by atoms with Crippen molar-refractivity contribution in [3.05, 3.63) is 35.9 Å². The third-order valence-corrected chi connectivity index (χ3v) is 3.88. The zero-order valence-electron chi connectivity index (χ0n) is 13.8. The summed E-state index contributed by atoms with van der Waals surface area (Å²) in [6, 6.07) is 10.7. The number of benzene rings is 1. The number of hydrogen-bond acceptors (Lipinski definition) is 1. The molecule has 1 aromatic rings. The SMILES string of the molecule is CCCCCCCCCCCCNCc1ccccc1.Cl. The van der Waals surface area contributed by atoms with E-state index in [2.05, 4.69) is 42.6 Å². The Hall–Kier alpha value is -0.530. The first-order valence-electron chi connectivity index (χ1n) is 8.68. The lowest BCUT2D eigenvalue weighted by atomic mass is 10.1. The smallest absolute Gasteiger partial charge is 0.0205 e. The Labute approximate surface area is 138 Å². The van der Waals surface area contributed by atoms with Crippen molar-refractivity contribution >= 4 is 12.4 Å². The van der Waals surface area contributed by atoms with Gasteiger partial charge in [-0.1, -0.05) is 95.0 Å². The molecule has 1 rings (SSSR count). The minimum Gasteiger partial charge on any atom is -0.313 e. The molecule has 0 heterocycles. The highest BCUT2D eigenvalue weighted by Crippen LogP contribution is 2.10. The van der Waals surface area contributed by atoms with Crippen LogP contribution >= 0.6 is 12.4 Å². The number of nitrogens with one attached hydrogen (secondary N) is 1. The van der Waals surface area contributed by atoms with Gasteiger partial charge in [0.05, 0.1) is 0 Å². The van der Waals surface area contributed by atoms with Gasteiger partial charge in [0.2, 0.25) is 0 Å². The Morgan fingerprint density at radius 1 is 0.714 bits per heavy atom. The number of halogens is 1. The van der Waals surface area contributed by atoms with E-state index in [1.165, 1.54) is 69.8 Å². The van der Waals surface area contributed by atoms with E-state index in [4.69, 9.17) is 0 Å². The average molecular weight is 312 g/mol. The molecule has 1 N–H and O–H groups in total. The van der Waals surface area contributed by atoms with Crippen LogP contribution in [-0.4, -0.2) is 6.54 Å². The molecule has 0 unspecified atom stereocenters. The van der Waals surface area contributed by atoms with Crippen molar-refractivity contribution in [1.29, 1.82) is 0 Å². The molecule has 21 heavy (non-hydrogen) atoms.